The number of rotatable bonds is 4. The van der Waals surface area contributed by atoms with Crippen LogP contribution in [0.4, 0.5) is 5.69 Å². The minimum Gasteiger partial charge on any atom is -0.497 e. The number of nitrogens with one attached hydrogen (secondary N) is 1. The first-order valence-electron chi connectivity index (χ1n) is 7.07. The highest BCUT2D eigenvalue weighted by Crippen LogP contribution is 2.29. The molecule has 0 aliphatic rings. The number of carbonyl (C=O) groups excluding carboxylic acids is 1. The van der Waals surface area contributed by atoms with Gasteiger partial charge in [-0.1, -0.05) is 0 Å². The number of methoxy groups -OCH3 is 2. The molecule has 0 spiro atoms. The molecule has 2 rings (SSSR count). The molecule has 0 saturated carbocycles. The van der Waals surface area contributed by atoms with Crippen LogP contribution in [0, 0.1) is 0 Å². The zero-order valence-corrected chi connectivity index (χ0v) is 13.6. The van der Waals surface area contributed by atoms with Crippen LogP contribution in [0.15, 0.2) is 36.7 Å². The third-order valence-corrected chi connectivity index (χ3v) is 3.39. The van der Waals surface area contributed by atoms with Crippen molar-refractivity contribution in [2.75, 3.05) is 19.5 Å². The molecule has 0 radical (unpaired) electrons. The summed E-state index contributed by atoms with van der Waals surface area (Å²) in [4.78, 5) is 12.4. The van der Waals surface area contributed by atoms with Crippen molar-refractivity contribution in [3.63, 3.8) is 0 Å². The number of carbonyl (C=O) groups is 1. The molecule has 118 valence electrons. The van der Waals surface area contributed by atoms with Gasteiger partial charge in [-0.3, -0.25) is 4.79 Å². The molecule has 22 heavy (non-hydrogen) atoms. The molecule has 0 atom stereocenters. The standard InChI is InChI=1S/C17H22N2O3/c1-17(2,3)19-9-8-12(11-19)16(20)18-14-7-6-13(21-4)10-15(14)22-5/h6-11H,1-5H3,(H,18,20). The van der Waals surface area contributed by atoms with Gasteiger partial charge in [0.1, 0.15) is 11.5 Å². The summed E-state index contributed by atoms with van der Waals surface area (Å²) in [6.07, 6.45) is 3.74. The fourth-order valence-corrected chi connectivity index (χ4v) is 2.04. The van der Waals surface area contributed by atoms with Crippen molar-refractivity contribution in [1.82, 2.24) is 4.57 Å². The van der Waals surface area contributed by atoms with E-state index in [1.54, 1.807) is 38.5 Å². The van der Waals surface area contributed by atoms with Gasteiger partial charge in [-0.25, -0.2) is 0 Å². The molecule has 1 N–H and O–H groups in total. The van der Waals surface area contributed by atoms with E-state index in [4.69, 9.17) is 9.47 Å². The van der Waals surface area contributed by atoms with Crippen LogP contribution in [0.25, 0.3) is 0 Å². The van der Waals surface area contributed by atoms with Gasteiger partial charge in [-0.05, 0) is 39.0 Å². The highest BCUT2D eigenvalue weighted by atomic mass is 16.5. The first kappa shape index (κ1) is 15.9. The summed E-state index contributed by atoms with van der Waals surface area (Å²) in [6, 6.07) is 7.07. The third-order valence-electron chi connectivity index (χ3n) is 3.39. The van der Waals surface area contributed by atoms with Crippen LogP contribution in [0.1, 0.15) is 31.1 Å². The second-order valence-electron chi connectivity index (χ2n) is 6.00. The minimum atomic E-state index is -0.175. The fraction of sp³-hybridized carbons (Fsp3) is 0.353. The van der Waals surface area contributed by atoms with Crippen LogP contribution in [-0.4, -0.2) is 24.7 Å². The molecule has 2 aromatic rings. The molecule has 0 aliphatic heterocycles. The van der Waals surface area contributed by atoms with E-state index < -0.39 is 0 Å². The Hall–Kier alpha value is -2.43. The lowest BCUT2D eigenvalue weighted by molar-refractivity contribution is 0.102. The first-order valence-corrected chi connectivity index (χ1v) is 7.07. The Morgan fingerprint density at radius 2 is 1.86 bits per heavy atom. The molecule has 5 nitrogen and oxygen atoms in total. The number of anilines is 1. The maximum atomic E-state index is 12.4. The largest absolute Gasteiger partial charge is 0.497 e. The molecule has 5 heteroatoms. The van der Waals surface area contributed by atoms with Crippen molar-refractivity contribution >= 4 is 11.6 Å². The molecule has 0 aliphatic carbocycles. The van der Waals surface area contributed by atoms with Crippen molar-refractivity contribution in [3.05, 3.63) is 42.2 Å². The van der Waals surface area contributed by atoms with Gasteiger partial charge in [0.05, 0.1) is 25.5 Å². The van der Waals surface area contributed by atoms with E-state index in [9.17, 15) is 4.79 Å². The van der Waals surface area contributed by atoms with Crippen LogP contribution >= 0.6 is 0 Å². The maximum Gasteiger partial charge on any atom is 0.257 e. The smallest absolute Gasteiger partial charge is 0.257 e. The quantitative estimate of drug-likeness (QED) is 0.940. The van der Waals surface area contributed by atoms with Gasteiger partial charge in [-0.15, -0.1) is 0 Å². The molecule has 1 heterocycles. The Kier molecular flexibility index (Phi) is 4.45. The van der Waals surface area contributed by atoms with Crippen LogP contribution in [-0.2, 0) is 5.54 Å². The zero-order valence-electron chi connectivity index (χ0n) is 13.6. The Morgan fingerprint density at radius 1 is 1.14 bits per heavy atom. The fourth-order valence-electron chi connectivity index (χ4n) is 2.04. The van der Waals surface area contributed by atoms with Gasteiger partial charge >= 0.3 is 0 Å². The zero-order chi connectivity index (χ0) is 16.3. The topological polar surface area (TPSA) is 52.5 Å². The lowest BCUT2D eigenvalue weighted by atomic mass is 10.1. The Labute approximate surface area is 130 Å². The van der Waals surface area contributed by atoms with E-state index >= 15 is 0 Å². The summed E-state index contributed by atoms with van der Waals surface area (Å²) in [5.41, 5.74) is 1.15. The van der Waals surface area contributed by atoms with E-state index in [2.05, 4.69) is 26.1 Å². The van der Waals surface area contributed by atoms with E-state index in [-0.39, 0.29) is 11.4 Å². The number of hydrogen-bond donors (Lipinski definition) is 1. The molecule has 1 amide bonds. The van der Waals surface area contributed by atoms with Crippen molar-refractivity contribution in [2.45, 2.75) is 26.3 Å². The summed E-state index contributed by atoms with van der Waals surface area (Å²) < 4.78 is 12.4. The van der Waals surface area contributed by atoms with Crippen molar-refractivity contribution in [1.29, 1.82) is 0 Å². The second kappa shape index (κ2) is 6.13. The van der Waals surface area contributed by atoms with Crippen molar-refractivity contribution in [3.8, 4) is 11.5 Å². The lowest BCUT2D eigenvalue weighted by Crippen LogP contribution is -2.20. The summed E-state index contributed by atoms with van der Waals surface area (Å²) in [7, 11) is 3.14. The molecule has 0 fully saturated rings. The summed E-state index contributed by atoms with van der Waals surface area (Å²) in [6.45, 7) is 6.25. The molecule has 0 unspecified atom stereocenters. The van der Waals surface area contributed by atoms with Gasteiger partial charge in [0, 0.05) is 24.0 Å². The van der Waals surface area contributed by atoms with Crippen LogP contribution < -0.4 is 14.8 Å². The van der Waals surface area contributed by atoms with Gasteiger partial charge < -0.3 is 19.4 Å². The molecule has 1 aromatic carbocycles. The Morgan fingerprint density at radius 3 is 2.41 bits per heavy atom. The number of benzene rings is 1. The number of amides is 1. The number of hydrogen-bond acceptors (Lipinski definition) is 3. The van der Waals surface area contributed by atoms with E-state index in [1.807, 2.05) is 17.0 Å². The van der Waals surface area contributed by atoms with Crippen molar-refractivity contribution < 1.29 is 14.3 Å². The van der Waals surface area contributed by atoms with Crippen molar-refractivity contribution in [2.24, 2.45) is 0 Å². The summed E-state index contributed by atoms with van der Waals surface area (Å²) in [5, 5.41) is 2.86. The van der Waals surface area contributed by atoms with E-state index in [1.165, 1.54) is 0 Å². The van der Waals surface area contributed by atoms with E-state index in [0.717, 1.165) is 0 Å². The molecular formula is C17H22N2O3. The summed E-state index contributed by atoms with van der Waals surface area (Å²) >= 11 is 0. The third kappa shape index (κ3) is 3.42. The normalized spacial score (nSPS) is 11.1. The average molecular weight is 302 g/mol. The highest BCUT2D eigenvalue weighted by molar-refractivity contribution is 6.05. The number of ether oxygens (including phenoxy) is 2. The maximum absolute atomic E-state index is 12.4. The first-order chi connectivity index (χ1) is 10.3. The second-order valence-corrected chi connectivity index (χ2v) is 6.00. The SMILES string of the molecule is COc1ccc(NC(=O)c2ccn(C(C)(C)C)c2)c(OC)c1. The highest BCUT2D eigenvalue weighted by Gasteiger charge is 2.16. The average Bonchev–Trinajstić information content (AvgIpc) is 2.97. The predicted molar refractivity (Wildman–Crippen MR) is 86.9 cm³/mol. The van der Waals surface area contributed by atoms with Gasteiger partial charge in [-0.2, -0.15) is 0 Å². The van der Waals surface area contributed by atoms with Crippen LogP contribution in [0.5, 0.6) is 11.5 Å². The van der Waals surface area contributed by atoms with Crippen LogP contribution in [0.3, 0.4) is 0 Å². The van der Waals surface area contributed by atoms with Crippen LogP contribution in [0.2, 0.25) is 0 Å². The monoisotopic (exact) mass is 302 g/mol. The van der Waals surface area contributed by atoms with Gasteiger partial charge in [0.2, 0.25) is 0 Å². The molecule has 0 saturated heterocycles. The van der Waals surface area contributed by atoms with Gasteiger partial charge in [0.15, 0.2) is 0 Å². The predicted octanol–water partition coefficient (Wildman–Crippen LogP) is 3.51. The molecule has 0 bridgehead atoms. The minimum absolute atomic E-state index is 0.0592. The number of nitrogens with zero attached hydrogens (tertiary/aromatic N) is 1. The summed E-state index contributed by atoms with van der Waals surface area (Å²) in [5.74, 6) is 1.06. The molecule has 1 aromatic heterocycles. The Bertz CT molecular complexity index is 669. The van der Waals surface area contributed by atoms with E-state index in [0.29, 0.717) is 22.7 Å². The lowest BCUT2D eigenvalue weighted by Gasteiger charge is -2.20. The van der Waals surface area contributed by atoms with Gasteiger partial charge in [0.25, 0.3) is 5.91 Å². The Balaban J connectivity index is 2.20. The molecular weight excluding hydrogens is 280 g/mol. The number of aromatic nitrogens is 1.